The molecule has 0 spiro atoms. The molecule has 0 N–H and O–H groups in total. The second-order valence-corrected chi connectivity index (χ2v) is 6.25. The van der Waals surface area contributed by atoms with Crippen LogP contribution in [-0.4, -0.2) is 47.0 Å². The summed E-state index contributed by atoms with van der Waals surface area (Å²) in [6.07, 6.45) is 4.07. The van der Waals surface area contributed by atoms with Crippen LogP contribution in [0.2, 0.25) is 10.3 Å². The summed E-state index contributed by atoms with van der Waals surface area (Å²) in [6, 6.07) is 4.55. The average Bonchev–Trinajstić information content (AvgIpc) is 2.42. The van der Waals surface area contributed by atoms with Crippen LogP contribution in [0.1, 0.15) is 24.8 Å². The van der Waals surface area contributed by atoms with Crippen molar-refractivity contribution in [2.75, 3.05) is 26.2 Å². The van der Waals surface area contributed by atoms with E-state index in [1.54, 1.807) is 0 Å². The van der Waals surface area contributed by atoms with E-state index in [9.17, 15) is 0 Å². The first-order valence-corrected chi connectivity index (χ1v) is 7.75. The van der Waals surface area contributed by atoms with Gasteiger partial charge in [0, 0.05) is 37.8 Å². The molecule has 0 saturated carbocycles. The minimum absolute atomic E-state index is 0.464. The van der Waals surface area contributed by atoms with Gasteiger partial charge in [0.25, 0.3) is 0 Å². The first kappa shape index (κ1) is 13.6. The number of nitrogens with zero attached hydrogens (tertiary/aromatic N) is 3. The number of piperidine rings is 1. The molecule has 3 heterocycles. The molecule has 0 bridgehead atoms. The minimum Gasteiger partial charge on any atom is -0.298 e. The van der Waals surface area contributed by atoms with Gasteiger partial charge in [0.15, 0.2) is 0 Å². The fraction of sp³-hybridized carbons (Fsp3) is 0.643. The predicted molar refractivity (Wildman–Crippen MR) is 78.7 cm³/mol. The monoisotopic (exact) mass is 299 g/mol. The number of pyridine rings is 1. The SMILES string of the molecule is Clc1ccc(CN2CCN3CCCCC3C2)c(Cl)n1. The zero-order chi connectivity index (χ0) is 13.2. The van der Waals surface area contributed by atoms with Crippen LogP contribution >= 0.6 is 23.2 Å². The molecule has 3 rings (SSSR count). The zero-order valence-electron chi connectivity index (χ0n) is 11.0. The van der Waals surface area contributed by atoms with Gasteiger partial charge in [0.1, 0.15) is 10.3 Å². The lowest BCUT2D eigenvalue weighted by atomic mass is 9.99. The maximum atomic E-state index is 6.15. The Morgan fingerprint density at radius 3 is 2.89 bits per heavy atom. The highest BCUT2D eigenvalue weighted by Gasteiger charge is 2.28. The van der Waals surface area contributed by atoms with E-state index < -0.39 is 0 Å². The molecule has 3 nitrogen and oxygen atoms in total. The van der Waals surface area contributed by atoms with Crippen molar-refractivity contribution in [1.82, 2.24) is 14.8 Å². The molecule has 0 aromatic carbocycles. The third-order valence-electron chi connectivity index (χ3n) is 4.21. The van der Waals surface area contributed by atoms with E-state index in [0.717, 1.165) is 31.2 Å². The fourth-order valence-corrected chi connectivity index (χ4v) is 3.57. The van der Waals surface area contributed by atoms with Crippen LogP contribution in [-0.2, 0) is 6.54 Å². The third kappa shape index (κ3) is 3.22. The van der Waals surface area contributed by atoms with E-state index in [1.165, 1.54) is 32.4 Å². The minimum atomic E-state index is 0.464. The lowest BCUT2D eigenvalue weighted by Crippen LogP contribution is -2.54. The standard InChI is InChI=1S/C14H19Cl2N3/c15-13-5-4-11(14(16)17-13)9-18-7-8-19-6-2-1-3-12(19)10-18/h4-5,12H,1-3,6-10H2. The van der Waals surface area contributed by atoms with E-state index in [-0.39, 0.29) is 0 Å². The highest BCUT2D eigenvalue weighted by Crippen LogP contribution is 2.24. The first-order chi connectivity index (χ1) is 9.22. The number of halogens is 2. The smallest absolute Gasteiger partial charge is 0.135 e. The van der Waals surface area contributed by atoms with Crippen molar-refractivity contribution < 1.29 is 0 Å². The summed E-state index contributed by atoms with van der Waals surface area (Å²) in [5.41, 5.74) is 1.08. The summed E-state index contributed by atoms with van der Waals surface area (Å²) in [5.74, 6) is 0. The molecular formula is C14H19Cl2N3. The molecule has 1 unspecified atom stereocenters. The van der Waals surface area contributed by atoms with E-state index in [2.05, 4.69) is 14.8 Å². The molecule has 2 saturated heterocycles. The summed E-state index contributed by atoms with van der Waals surface area (Å²) in [4.78, 5) is 9.24. The highest BCUT2D eigenvalue weighted by molar-refractivity contribution is 6.32. The Kier molecular flexibility index (Phi) is 4.27. The summed E-state index contributed by atoms with van der Waals surface area (Å²) in [5, 5.41) is 1.00. The quantitative estimate of drug-likeness (QED) is 0.783. The zero-order valence-corrected chi connectivity index (χ0v) is 12.5. The van der Waals surface area contributed by atoms with Crippen molar-refractivity contribution in [2.45, 2.75) is 31.8 Å². The summed E-state index contributed by atoms with van der Waals surface area (Å²) in [6.45, 7) is 5.62. The van der Waals surface area contributed by atoms with Gasteiger partial charge in [-0.05, 0) is 25.5 Å². The molecule has 1 aromatic rings. The molecule has 2 aliphatic rings. The van der Waals surface area contributed by atoms with Crippen molar-refractivity contribution >= 4 is 23.2 Å². The molecule has 1 atom stereocenters. The maximum Gasteiger partial charge on any atom is 0.135 e. The van der Waals surface area contributed by atoms with E-state index in [1.807, 2.05) is 12.1 Å². The van der Waals surface area contributed by atoms with Crippen molar-refractivity contribution in [3.05, 3.63) is 28.0 Å². The average molecular weight is 300 g/mol. The van der Waals surface area contributed by atoms with Crippen LogP contribution in [0.4, 0.5) is 0 Å². The van der Waals surface area contributed by atoms with Gasteiger partial charge in [-0.25, -0.2) is 4.98 Å². The number of aromatic nitrogens is 1. The van der Waals surface area contributed by atoms with Gasteiger partial charge in [0.05, 0.1) is 0 Å². The molecule has 5 heteroatoms. The molecule has 0 aliphatic carbocycles. The Morgan fingerprint density at radius 2 is 2.05 bits per heavy atom. The van der Waals surface area contributed by atoms with Crippen molar-refractivity contribution in [1.29, 1.82) is 0 Å². The number of fused-ring (bicyclic) bond motifs is 1. The van der Waals surface area contributed by atoms with Gasteiger partial charge < -0.3 is 0 Å². The van der Waals surface area contributed by atoms with Gasteiger partial charge in [-0.3, -0.25) is 9.80 Å². The van der Waals surface area contributed by atoms with Gasteiger partial charge in [0.2, 0.25) is 0 Å². The Labute approximate surface area is 124 Å². The second kappa shape index (κ2) is 5.96. The van der Waals surface area contributed by atoms with Crippen LogP contribution < -0.4 is 0 Å². The fourth-order valence-electron chi connectivity index (χ4n) is 3.16. The third-order valence-corrected chi connectivity index (χ3v) is 4.75. The van der Waals surface area contributed by atoms with Crippen molar-refractivity contribution in [3.8, 4) is 0 Å². The number of hydrogen-bond donors (Lipinski definition) is 0. The van der Waals surface area contributed by atoms with Gasteiger partial charge in [-0.2, -0.15) is 0 Å². The topological polar surface area (TPSA) is 19.4 Å². The molecule has 19 heavy (non-hydrogen) atoms. The van der Waals surface area contributed by atoms with Gasteiger partial charge in [-0.1, -0.05) is 35.7 Å². The molecule has 0 radical (unpaired) electrons. The Balaban J connectivity index is 1.64. The number of hydrogen-bond acceptors (Lipinski definition) is 3. The van der Waals surface area contributed by atoms with Crippen LogP contribution in [0.3, 0.4) is 0 Å². The van der Waals surface area contributed by atoms with E-state index >= 15 is 0 Å². The van der Waals surface area contributed by atoms with Crippen LogP contribution in [0.5, 0.6) is 0 Å². The van der Waals surface area contributed by atoms with Crippen molar-refractivity contribution in [3.63, 3.8) is 0 Å². The van der Waals surface area contributed by atoms with E-state index in [0.29, 0.717) is 10.3 Å². The van der Waals surface area contributed by atoms with Crippen molar-refractivity contribution in [2.24, 2.45) is 0 Å². The van der Waals surface area contributed by atoms with Gasteiger partial charge in [-0.15, -0.1) is 0 Å². The van der Waals surface area contributed by atoms with Crippen LogP contribution in [0.25, 0.3) is 0 Å². The molecule has 0 amide bonds. The van der Waals surface area contributed by atoms with Gasteiger partial charge >= 0.3 is 0 Å². The predicted octanol–water partition coefficient (Wildman–Crippen LogP) is 3.06. The molecular weight excluding hydrogens is 281 g/mol. The maximum absolute atomic E-state index is 6.15. The highest BCUT2D eigenvalue weighted by atomic mass is 35.5. The molecule has 2 aliphatic heterocycles. The Hall–Kier alpha value is -0.350. The lowest BCUT2D eigenvalue weighted by molar-refractivity contribution is 0.0456. The van der Waals surface area contributed by atoms with Crippen LogP contribution in [0.15, 0.2) is 12.1 Å². The Bertz CT molecular complexity index is 452. The molecule has 1 aromatic heterocycles. The summed E-state index contributed by atoms with van der Waals surface area (Å²) < 4.78 is 0. The Morgan fingerprint density at radius 1 is 1.16 bits per heavy atom. The molecule has 2 fully saturated rings. The number of rotatable bonds is 2. The largest absolute Gasteiger partial charge is 0.298 e. The normalized spacial score (nSPS) is 25.3. The first-order valence-electron chi connectivity index (χ1n) is 7.00. The summed E-state index contributed by atoms with van der Waals surface area (Å²) in [7, 11) is 0. The summed E-state index contributed by atoms with van der Waals surface area (Å²) >= 11 is 12.0. The van der Waals surface area contributed by atoms with Crippen LogP contribution in [0, 0.1) is 0 Å². The second-order valence-electron chi connectivity index (χ2n) is 5.50. The number of piperazine rings is 1. The van der Waals surface area contributed by atoms with E-state index in [4.69, 9.17) is 23.2 Å². The molecule has 104 valence electrons. The lowest BCUT2D eigenvalue weighted by Gasteiger charge is -2.44.